The number of hydrogen-bond acceptors (Lipinski definition) is 3. The molecule has 0 heterocycles. The second-order valence-corrected chi connectivity index (χ2v) is 5.59. The van der Waals surface area contributed by atoms with Gasteiger partial charge in [-0.15, -0.1) is 0 Å². The maximum absolute atomic E-state index is 9.42. The molecule has 0 aromatic heterocycles. The number of rotatable bonds is 3. The van der Waals surface area contributed by atoms with Crippen molar-refractivity contribution in [2.45, 2.75) is 69.6 Å². The van der Waals surface area contributed by atoms with Crippen molar-refractivity contribution in [1.29, 1.82) is 0 Å². The summed E-state index contributed by atoms with van der Waals surface area (Å²) < 4.78 is 0. The molecular weight excluding hydrogens is 202 g/mol. The van der Waals surface area contributed by atoms with Gasteiger partial charge in [-0.2, -0.15) is 0 Å². The third-order valence-electron chi connectivity index (χ3n) is 4.21. The molecule has 0 aliphatic heterocycles. The zero-order valence-electron chi connectivity index (χ0n) is 10.1. The van der Waals surface area contributed by atoms with E-state index in [0.29, 0.717) is 6.04 Å². The molecule has 3 nitrogen and oxygen atoms in total. The standard InChI is InChI=1S/C13H25NO2/c15-12-5-1-10(2-6-12)9-14-11-3-7-13(16)8-4-11/h10-16H,1-9H2. The van der Waals surface area contributed by atoms with Crippen molar-refractivity contribution >= 4 is 0 Å². The van der Waals surface area contributed by atoms with Crippen molar-refractivity contribution in [3.8, 4) is 0 Å². The third kappa shape index (κ3) is 3.72. The van der Waals surface area contributed by atoms with Crippen LogP contribution in [0.15, 0.2) is 0 Å². The molecular formula is C13H25NO2. The van der Waals surface area contributed by atoms with E-state index in [4.69, 9.17) is 0 Å². The van der Waals surface area contributed by atoms with Crippen molar-refractivity contribution < 1.29 is 10.2 Å². The Balaban J connectivity index is 1.60. The van der Waals surface area contributed by atoms with Gasteiger partial charge in [-0.1, -0.05) is 0 Å². The molecule has 3 N–H and O–H groups in total. The molecule has 0 atom stereocenters. The Morgan fingerprint density at radius 3 is 1.81 bits per heavy atom. The Labute approximate surface area is 98.2 Å². The fraction of sp³-hybridized carbons (Fsp3) is 1.00. The van der Waals surface area contributed by atoms with Gasteiger partial charge < -0.3 is 15.5 Å². The Kier molecular flexibility index (Phi) is 4.62. The van der Waals surface area contributed by atoms with Crippen LogP contribution in [0.1, 0.15) is 51.4 Å². The first kappa shape index (κ1) is 12.3. The summed E-state index contributed by atoms with van der Waals surface area (Å²) in [6.45, 7) is 1.10. The molecule has 2 saturated carbocycles. The van der Waals surface area contributed by atoms with E-state index in [1.165, 1.54) is 12.8 Å². The van der Waals surface area contributed by atoms with Gasteiger partial charge in [0.05, 0.1) is 12.2 Å². The quantitative estimate of drug-likeness (QED) is 0.683. The Bertz CT molecular complexity index is 172. The van der Waals surface area contributed by atoms with Gasteiger partial charge in [0.2, 0.25) is 0 Å². The normalized spacial score (nSPS) is 40.9. The number of hydrogen-bond donors (Lipinski definition) is 3. The van der Waals surface area contributed by atoms with Gasteiger partial charge in [-0.3, -0.25) is 0 Å². The lowest BCUT2D eigenvalue weighted by atomic mass is 9.86. The molecule has 94 valence electrons. The van der Waals surface area contributed by atoms with Crippen LogP contribution in [-0.2, 0) is 0 Å². The van der Waals surface area contributed by atoms with Crippen LogP contribution in [0.2, 0.25) is 0 Å². The molecule has 2 aliphatic carbocycles. The topological polar surface area (TPSA) is 52.5 Å². The second-order valence-electron chi connectivity index (χ2n) is 5.59. The van der Waals surface area contributed by atoms with Crippen LogP contribution in [0.25, 0.3) is 0 Å². The van der Waals surface area contributed by atoms with Crippen LogP contribution < -0.4 is 5.32 Å². The highest BCUT2D eigenvalue weighted by atomic mass is 16.3. The minimum Gasteiger partial charge on any atom is -0.393 e. The average molecular weight is 227 g/mol. The molecule has 0 bridgehead atoms. The van der Waals surface area contributed by atoms with Crippen LogP contribution in [0.4, 0.5) is 0 Å². The summed E-state index contributed by atoms with van der Waals surface area (Å²) in [7, 11) is 0. The zero-order valence-corrected chi connectivity index (χ0v) is 10.1. The van der Waals surface area contributed by atoms with Crippen LogP contribution in [0.3, 0.4) is 0 Å². The lowest BCUT2D eigenvalue weighted by Crippen LogP contribution is -2.38. The molecule has 16 heavy (non-hydrogen) atoms. The van der Waals surface area contributed by atoms with Crippen LogP contribution in [0, 0.1) is 5.92 Å². The minimum atomic E-state index is -0.0529. The summed E-state index contributed by atoms with van der Waals surface area (Å²) in [5.41, 5.74) is 0. The summed E-state index contributed by atoms with van der Waals surface area (Å²) in [6.07, 6.45) is 8.37. The van der Waals surface area contributed by atoms with Gasteiger partial charge in [0.25, 0.3) is 0 Å². The molecule has 0 radical (unpaired) electrons. The highest BCUT2D eigenvalue weighted by molar-refractivity contribution is 4.79. The summed E-state index contributed by atoms with van der Waals surface area (Å²) in [5, 5.41) is 22.5. The molecule has 2 aliphatic rings. The fourth-order valence-electron chi connectivity index (χ4n) is 2.96. The zero-order chi connectivity index (χ0) is 11.4. The van der Waals surface area contributed by atoms with Crippen LogP contribution in [0.5, 0.6) is 0 Å². The molecule has 0 spiro atoms. The molecule has 0 saturated heterocycles. The van der Waals surface area contributed by atoms with Crippen molar-refractivity contribution in [2.75, 3.05) is 6.54 Å². The minimum absolute atomic E-state index is 0.0407. The lowest BCUT2D eigenvalue weighted by Gasteiger charge is -2.30. The van der Waals surface area contributed by atoms with Crippen molar-refractivity contribution in [3.63, 3.8) is 0 Å². The van der Waals surface area contributed by atoms with E-state index in [1.54, 1.807) is 0 Å². The fourth-order valence-corrected chi connectivity index (χ4v) is 2.96. The van der Waals surface area contributed by atoms with Crippen LogP contribution in [-0.4, -0.2) is 35.0 Å². The van der Waals surface area contributed by atoms with E-state index < -0.39 is 0 Å². The van der Waals surface area contributed by atoms with E-state index in [9.17, 15) is 10.2 Å². The Hall–Kier alpha value is -0.120. The van der Waals surface area contributed by atoms with Gasteiger partial charge >= 0.3 is 0 Å². The van der Waals surface area contributed by atoms with E-state index in [1.807, 2.05) is 0 Å². The summed E-state index contributed by atoms with van der Waals surface area (Å²) in [4.78, 5) is 0. The van der Waals surface area contributed by atoms with E-state index in [-0.39, 0.29) is 12.2 Å². The van der Waals surface area contributed by atoms with Gasteiger partial charge in [0.15, 0.2) is 0 Å². The SMILES string of the molecule is OC1CCC(CNC2CCC(O)CC2)CC1. The van der Waals surface area contributed by atoms with Gasteiger partial charge in [0.1, 0.15) is 0 Å². The molecule has 0 unspecified atom stereocenters. The first-order valence-electron chi connectivity index (χ1n) is 6.83. The Morgan fingerprint density at radius 1 is 0.750 bits per heavy atom. The maximum Gasteiger partial charge on any atom is 0.0541 e. The van der Waals surface area contributed by atoms with E-state index in [2.05, 4.69) is 5.32 Å². The van der Waals surface area contributed by atoms with E-state index in [0.717, 1.165) is 51.0 Å². The number of nitrogens with one attached hydrogen (secondary N) is 1. The first-order chi connectivity index (χ1) is 7.74. The maximum atomic E-state index is 9.42. The second kappa shape index (κ2) is 5.99. The first-order valence-corrected chi connectivity index (χ1v) is 6.83. The largest absolute Gasteiger partial charge is 0.393 e. The van der Waals surface area contributed by atoms with Gasteiger partial charge in [-0.25, -0.2) is 0 Å². The molecule has 0 aromatic carbocycles. The molecule has 0 aromatic rings. The smallest absolute Gasteiger partial charge is 0.0541 e. The average Bonchev–Trinajstić information content (AvgIpc) is 2.30. The highest BCUT2D eigenvalue weighted by Gasteiger charge is 2.22. The lowest BCUT2D eigenvalue weighted by molar-refractivity contribution is 0.100. The van der Waals surface area contributed by atoms with Crippen molar-refractivity contribution in [3.05, 3.63) is 0 Å². The van der Waals surface area contributed by atoms with Gasteiger partial charge in [-0.05, 0) is 63.8 Å². The Morgan fingerprint density at radius 2 is 1.25 bits per heavy atom. The van der Waals surface area contributed by atoms with Crippen molar-refractivity contribution in [2.24, 2.45) is 5.92 Å². The van der Waals surface area contributed by atoms with Crippen molar-refractivity contribution in [1.82, 2.24) is 5.32 Å². The van der Waals surface area contributed by atoms with E-state index >= 15 is 0 Å². The van der Waals surface area contributed by atoms with Gasteiger partial charge in [0, 0.05) is 6.04 Å². The predicted octanol–water partition coefficient (Wildman–Crippen LogP) is 1.43. The number of aliphatic hydroxyl groups is 2. The third-order valence-corrected chi connectivity index (χ3v) is 4.21. The molecule has 2 rings (SSSR count). The number of aliphatic hydroxyl groups excluding tert-OH is 2. The molecule has 2 fully saturated rings. The monoisotopic (exact) mass is 227 g/mol. The highest BCUT2D eigenvalue weighted by Crippen LogP contribution is 2.24. The summed E-state index contributed by atoms with van der Waals surface area (Å²) >= 11 is 0. The summed E-state index contributed by atoms with van der Waals surface area (Å²) in [6, 6.07) is 0.621. The summed E-state index contributed by atoms with van der Waals surface area (Å²) in [5.74, 6) is 0.759. The predicted molar refractivity (Wildman–Crippen MR) is 64.2 cm³/mol. The molecule has 3 heteroatoms. The van der Waals surface area contributed by atoms with Crippen LogP contribution >= 0.6 is 0 Å². The molecule has 0 amide bonds.